The van der Waals surface area contributed by atoms with Crippen molar-refractivity contribution in [2.24, 2.45) is 11.8 Å². The zero-order chi connectivity index (χ0) is 19.0. The maximum atomic E-state index is 13.5. The Morgan fingerprint density at radius 1 is 1.00 bits per heavy atom. The Kier molecular flexibility index (Phi) is 3.05. The molecule has 2 saturated heterocycles. The number of hydrogen-bond donors (Lipinski definition) is 0. The summed E-state index contributed by atoms with van der Waals surface area (Å²) in [5.41, 5.74) is 4.35. The largest absolute Gasteiger partial charge is 0.353 e. The lowest BCUT2D eigenvalue weighted by Gasteiger charge is -2.33. The zero-order valence-corrected chi connectivity index (χ0v) is 15.2. The van der Waals surface area contributed by atoms with Crippen molar-refractivity contribution in [2.45, 2.75) is 25.0 Å². The van der Waals surface area contributed by atoms with E-state index in [0.717, 1.165) is 16.7 Å². The lowest BCUT2D eigenvalue weighted by atomic mass is 9.63. The van der Waals surface area contributed by atoms with Crippen LogP contribution in [0.4, 0.5) is 5.69 Å². The maximum absolute atomic E-state index is 13.5. The molecule has 0 aliphatic carbocycles. The molecule has 4 nitrogen and oxygen atoms in total. The number of carbonyl (C=O) groups excluding carboxylic acids is 2. The van der Waals surface area contributed by atoms with E-state index in [4.69, 9.17) is 4.74 Å². The molecule has 4 heteroatoms. The average Bonchev–Trinajstić information content (AvgIpc) is 3.24. The first kappa shape index (κ1) is 16.2. The third-order valence-corrected chi connectivity index (χ3v) is 6.41. The number of nitrogens with zero attached hydrogens (tertiary/aromatic N) is 1. The Morgan fingerprint density at radius 3 is 2.26 bits per heavy atom. The van der Waals surface area contributed by atoms with Crippen LogP contribution in [0.1, 0.15) is 25.0 Å². The van der Waals surface area contributed by atoms with Gasteiger partial charge in [0.1, 0.15) is 11.2 Å². The van der Waals surface area contributed by atoms with Gasteiger partial charge in [0.05, 0.1) is 17.5 Å². The van der Waals surface area contributed by atoms with E-state index >= 15 is 0 Å². The minimum absolute atomic E-state index is 0.202. The molecule has 0 aromatic heterocycles. The van der Waals surface area contributed by atoms with Crippen LogP contribution in [0.15, 0.2) is 72.5 Å². The molecule has 134 valence electrons. The van der Waals surface area contributed by atoms with Gasteiger partial charge in [-0.1, -0.05) is 49.0 Å². The zero-order valence-electron chi connectivity index (χ0n) is 15.2. The Labute approximate surface area is 157 Å². The van der Waals surface area contributed by atoms with Gasteiger partial charge in [-0.25, -0.2) is 4.90 Å². The molecule has 0 N–H and O–H groups in total. The highest BCUT2D eigenvalue weighted by molar-refractivity contribution is 6.23. The number of para-hydroxylation sites is 1. The third-order valence-electron chi connectivity index (χ3n) is 6.41. The van der Waals surface area contributed by atoms with E-state index in [0.29, 0.717) is 5.69 Å². The van der Waals surface area contributed by atoms with E-state index in [1.807, 2.05) is 56.3 Å². The van der Waals surface area contributed by atoms with Gasteiger partial charge in [-0.15, -0.1) is 5.73 Å². The summed E-state index contributed by atoms with van der Waals surface area (Å²) in [5.74, 6) is -1.60. The number of carbonyl (C=O) groups is 2. The summed E-state index contributed by atoms with van der Waals surface area (Å²) >= 11 is 0. The van der Waals surface area contributed by atoms with E-state index < -0.39 is 23.0 Å². The highest BCUT2D eigenvalue weighted by Crippen LogP contribution is 2.68. The fourth-order valence-corrected chi connectivity index (χ4v) is 5.26. The number of amides is 2. The summed E-state index contributed by atoms with van der Waals surface area (Å²) in [6.45, 7) is 7.60. The van der Waals surface area contributed by atoms with E-state index in [9.17, 15) is 9.59 Å². The van der Waals surface area contributed by atoms with Crippen LogP contribution in [0.25, 0.3) is 0 Å². The summed E-state index contributed by atoms with van der Waals surface area (Å²) in [6.07, 6.45) is 0. The summed E-state index contributed by atoms with van der Waals surface area (Å²) in [5, 5.41) is 0. The first-order chi connectivity index (χ1) is 13.0. The fourth-order valence-electron chi connectivity index (χ4n) is 5.26. The smallest absolute Gasteiger partial charge is 0.241 e. The standard InChI is InChI=1S/C23H19NO3/c1-4-14(2)23-17-13-9-8-12-16(17)22(3,27-23)18-19(23)21(26)24(20(18)25)15-10-6-5-7-11-15/h5-13,18-19H,1H2,2-3H3/t18-,19+,22+,23-/m0/s1. The Hall–Kier alpha value is -2.94. The topological polar surface area (TPSA) is 46.6 Å². The van der Waals surface area contributed by atoms with Gasteiger partial charge in [-0.05, 0) is 37.1 Å². The lowest BCUT2D eigenvalue weighted by Crippen LogP contribution is -2.41. The highest BCUT2D eigenvalue weighted by atomic mass is 16.5. The number of ether oxygens (including phenoxy) is 1. The molecule has 2 bridgehead atoms. The second kappa shape index (κ2) is 5.07. The van der Waals surface area contributed by atoms with Gasteiger partial charge in [0.2, 0.25) is 11.8 Å². The third kappa shape index (κ3) is 1.68. The molecule has 0 spiro atoms. The van der Waals surface area contributed by atoms with Gasteiger partial charge in [0.15, 0.2) is 0 Å². The predicted molar refractivity (Wildman–Crippen MR) is 101 cm³/mol. The number of anilines is 1. The highest BCUT2D eigenvalue weighted by Gasteiger charge is 2.76. The molecule has 2 aromatic rings. The van der Waals surface area contributed by atoms with Crippen molar-refractivity contribution in [1.82, 2.24) is 0 Å². The molecule has 2 amide bonds. The van der Waals surface area contributed by atoms with Crippen molar-refractivity contribution in [3.8, 4) is 0 Å². The van der Waals surface area contributed by atoms with Crippen LogP contribution >= 0.6 is 0 Å². The number of rotatable bonds is 2. The molecular weight excluding hydrogens is 338 g/mol. The van der Waals surface area contributed by atoms with Crippen LogP contribution in [0, 0.1) is 11.8 Å². The van der Waals surface area contributed by atoms with Crippen molar-refractivity contribution in [3.63, 3.8) is 0 Å². The molecule has 0 unspecified atom stereocenters. The molecule has 3 aliphatic rings. The molecule has 3 aliphatic heterocycles. The second-order valence-corrected chi connectivity index (χ2v) is 7.59. The van der Waals surface area contributed by atoms with Gasteiger partial charge < -0.3 is 4.74 Å². The number of hydrogen-bond acceptors (Lipinski definition) is 3. The molecule has 27 heavy (non-hydrogen) atoms. The summed E-state index contributed by atoms with van der Waals surface area (Å²) in [7, 11) is 0. The van der Waals surface area contributed by atoms with Crippen molar-refractivity contribution in [3.05, 3.63) is 83.6 Å². The van der Waals surface area contributed by atoms with E-state index in [1.54, 1.807) is 12.1 Å². The quantitative estimate of drug-likeness (QED) is 0.608. The van der Waals surface area contributed by atoms with Gasteiger partial charge in [-0.2, -0.15) is 0 Å². The van der Waals surface area contributed by atoms with Crippen LogP contribution in [-0.4, -0.2) is 11.8 Å². The minimum atomic E-state index is -0.992. The van der Waals surface area contributed by atoms with Crippen LogP contribution in [-0.2, 0) is 25.5 Å². The number of fused-ring (bicyclic) bond motifs is 8. The Balaban J connectivity index is 1.78. The van der Waals surface area contributed by atoms with Crippen LogP contribution in [0.2, 0.25) is 0 Å². The van der Waals surface area contributed by atoms with E-state index in [-0.39, 0.29) is 11.8 Å². The fraction of sp³-hybridized carbons (Fsp3) is 0.261. The van der Waals surface area contributed by atoms with Gasteiger partial charge in [-0.3, -0.25) is 9.59 Å². The normalized spacial score (nSPS) is 33.0. The number of imide groups is 1. The van der Waals surface area contributed by atoms with Crippen molar-refractivity contribution >= 4 is 17.5 Å². The Bertz CT molecular complexity index is 1050. The minimum Gasteiger partial charge on any atom is -0.353 e. The molecule has 0 radical (unpaired) electrons. The molecule has 2 fully saturated rings. The molecular formula is C23H19NO3. The van der Waals surface area contributed by atoms with Gasteiger partial charge in [0.25, 0.3) is 0 Å². The monoisotopic (exact) mass is 357 g/mol. The maximum Gasteiger partial charge on any atom is 0.241 e. The first-order valence-corrected chi connectivity index (χ1v) is 9.07. The first-order valence-electron chi connectivity index (χ1n) is 9.07. The summed E-state index contributed by atoms with van der Waals surface area (Å²) < 4.78 is 6.55. The van der Waals surface area contributed by atoms with Crippen LogP contribution < -0.4 is 4.90 Å². The van der Waals surface area contributed by atoms with Gasteiger partial charge >= 0.3 is 0 Å². The molecule has 3 heterocycles. The Morgan fingerprint density at radius 2 is 1.59 bits per heavy atom. The molecule has 0 saturated carbocycles. The lowest BCUT2D eigenvalue weighted by molar-refractivity contribution is -0.133. The van der Waals surface area contributed by atoms with Crippen molar-refractivity contribution < 1.29 is 14.3 Å². The second-order valence-electron chi connectivity index (χ2n) is 7.59. The predicted octanol–water partition coefficient (Wildman–Crippen LogP) is 3.68. The van der Waals surface area contributed by atoms with Crippen molar-refractivity contribution in [1.29, 1.82) is 0 Å². The van der Waals surface area contributed by atoms with Gasteiger partial charge in [0, 0.05) is 5.57 Å². The van der Waals surface area contributed by atoms with Crippen LogP contribution in [0.3, 0.4) is 0 Å². The number of benzene rings is 2. The van der Waals surface area contributed by atoms with E-state index in [1.165, 1.54) is 4.90 Å². The average molecular weight is 357 g/mol. The molecule has 4 atom stereocenters. The van der Waals surface area contributed by atoms with Crippen LogP contribution in [0.5, 0.6) is 0 Å². The molecule has 5 rings (SSSR count). The summed E-state index contributed by atoms with van der Waals surface area (Å²) in [6, 6.07) is 17.0. The SMILES string of the molecule is C=C=C(C)[C@]12O[C@](C)(c3ccccc31)[C@@H]1C(=O)N(c3ccccc3)C(=O)[C@@H]12. The van der Waals surface area contributed by atoms with Crippen molar-refractivity contribution in [2.75, 3.05) is 4.90 Å². The molecule has 2 aromatic carbocycles. The summed E-state index contributed by atoms with van der Waals surface area (Å²) in [4.78, 5) is 28.3. The van der Waals surface area contributed by atoms with E-state index in [2.05, 4.69) is 12.3 Å².